The Morgan fingerprint density at radius 1 is 0.912 bits per heavy atom. The fourth-order valence-corrected chi connectivity index (χ4v) is 4.39. The van der Waals surface area contributed by atoms with Gasteiger partial charge < -0.3 is 14.2 Å². The summed E-state index contributed by atoms with van der Waals surface area (Å²) in [6, 6.07) is 20.1. The molecule has 0 aliphatic carbocycles. The molecule has 0 aliphatic rings. The minimum atomic E-state index is -0.120. The summed E-state index contributed by atoms with van der Waals surface area (Å²) in [6.45, 7) is 0. The highest BCUT2D eigenvalue weighted by molar-refractivity contribution is 7.99. The number of hydrogen-bond donors (Lipinski definition) is 0. The van der Waals surface area contributed by atoms with Gasteiger partial charge in [0.25, 0.3) is 0 Å². The number of hydrogen-bond acceptors (Lipinski definition) is 7. The summed E-state index contributed by atoms with van der Waals surface area (Å²) in [4.78, 5) is 13.1. The molecule has 0 bridgehead atoms. The van der Waals surface area contributed by atoms with Crippen LogP contribution in [0.25, 0.3) is 17.1 Å². The van der Waals surface area contributed by atoms with Gasteiger partial charge in [-0.05, 0) is 54.6 Å². The van der Waals surface area contributed by atoms with Crippen LogP contribution in [0.5, 0.6) is 17.2 Å². The van der Waals surface area contributed by atoms with E-state index < -0.39 is 0 Å². The number of ether oxygens (including phenoxy) is 3. The first kappa shape index (κ1) is 23.7. The highest BCUT2D eigenvalue weighted by Gasteiger charge is 2.21. The molecule has 0 radical (unpaired) electrons. The van der Waals surface area contributed by atoms with Crippen LogP contribution in [0, 0.1) is 0 Å². The first-order valence-electron chi connectivity index (χ1n) is 10.3. The molecule has 0 spiro atoms. The van der Waals surface area contributed by atoms with Crippen LogP contribution < -0.4 is 14.2 Å². The molecule has 34 heavy (non-hydrogen) atoms. The average Bonchev–Trinajstić information content (AvgIpc) is 3.30. The third-order valence-corrected chi connectivity index (χ3v) is 6.29. The van der Waals surface area contributed by atoms with E-state index in [1.165, 1.54) is 18.9 Å². The van der Waals surface area contributed by atoms with Gasteiger partial charge in [-0.25, -0.2) is 0 Å². The minimum absolute atomic E-state index is 0.120. The van der Waals surface area contributed by atoms with Gasteiger partial charge in [0.2, 0.25) is 0 Å². The molecule has 1 heterocycles. The molecule has 174 valence electrons. The number of methoxy groups -OCH3 is 3. The van der Waals surface area contributed by atoms with Crippen LogP contribution in [0.3, 0.4) is 0 Å². The number of carbonyl (C=O) groups is 1. The molecule has 0 saturated heterocycles. The molecule has 9 heteroatoms. The lowest BCUT2D eigenvalue weighted by Gasteiger charge is -2.13. The Kier molecular flexibility index (Phi) is 7.40. The number of aromatic nitrogens is 3. The van der Waals surface area contributed by atoms with Gasteiger partial charge in [0, 0.05) is 10.7 Å². The second kappa shape index (κ2) is 10.6. The molecule has 0 atom stereocenters. The number of benzene rings is 3. The van der Waals surface area contributed by atoms with Crippen molar-refractivity contribution in [3.63, 3.8) is 0 Å². The quantitative estimate of drug-likeness (QED) is 0.221. The van der Waals surface area contributed by atoms with Crippen molar-refractivity contribution in [2.45, 2.75) is 5.16 Å². The Bertz CT molecular complexity index is 1310. The maximum absolute atomic E-state index is 13.1. The Morgan fingerprint density at radius 2 is 1.65 bits per heavy atom. The highest BCUT2D eigenvalue weighted by atomic mass is 35.5. The number of para-hydroxylation sites is 1. The second-order valence-electron chi connectivity index (χ2n) is 7.10. The Labute approximate surface area is 206 Å². The van der Waals surface area contributed by atoms with Crippen LogP contribution in [0.1, 0.15) is 10.4 Å². The second-order valence-corrected chi connectivity index (χ2v) is 8.48. The molecule has 0 amide bonds. The van der Waals surface area contributed by atoms with E-state index in [2.05, 4.69) is 10.2 Å². The fourth-order valence-electron chi connectivity index (χ4n) is 3.43. The first-order valence-corrected chi connectivity index (χ1v) is 11.6. The molecule has 4 rings (SSSR count). The average molecular weight is 496 g/mol. The van der Waals surface area contributed by atoms with Crippen molar-refractivity contribution in [2.24, 2.45) is 0 Å². The molecule has 4 aromatic rings. The van der Waals surface area contributed by atoms with Crippen molar-refractivity contribution in [2.75, 3.05) is 27.1 Å². The van der Waals surface area contributed by atoms with Crippen LogP contribution in [-0.2, 0) is 0 Å². The van der Waals surface area contributed by atoms with Crippen LogP contribution in [-0.4, -0.2) is 47.6 Å². The predicted octanol–water partition coefficient (Wildman–Crippen LogP) is 5.59. The number of nitrogens with zero attached hydrogens (tertiary/aromatic N) is 3. The van der Waals surface area contributed by atoms with Crippen LogP contribution in [0.2, 0.25) is 5.02 Å². The summed E-state index contributed by atoms with van der Waals surface area (Å²) < 4.78 is 18.0. The fraction of sp³-hybridized carbons (Fsp3) is 0.160. The van der Waals surface area contributed by atoms with Gasteiger partial charge in [-0.3, -0.25) is 9.36 Å². The van der Waals surface area contributed by atoms with E-state index in [4.69, 9.17) is 25.8 Å². The number of halogens is 1. The van der Waals surface area contributed by atoms with Gasteiger partial charge >= 0.3 is 0 Å². The summed E-state index contributed by atoms with van der Waals surface area (Å²) in [7, 11) is 4.69. The molecule has 1 aromatic heterocycles. The summed E-state index contributed by atoms with van der Waals surface area (Å²) in [6.07, 6.45) is 0. The largest absolute Gasteiger partial charge is 0.497 e. The molecular formula is C25H22ClN3O4S. The van der Waals surface area contributed by atoms with Crippen molar-refractivity contribution in [1.29, 1.82) is 0 Å². The minimum Gasteiger partial charge on any atom is -0.497 e. The monoisotopic (exact) mass is 495 g/mol. The summed E-state index contributed by atoms with van der Waals surface area (Å²) >= 11 is 7.39. The molecule has 0 aliphatic heterocycles. The van der Waals surface area contributed by atoms with E-state index in [1.54, 1.807) is 44.6 Å². The third-order valence-electron chi connectivity index (χ3n) is 5.11. The Morgan fingerprint density at radius 3 is 2.35 bits per heavy atom. The van der Waals surface area contributed by atoms with E-state index in [0.717, 1.165) is 11.3 Å². The Hall–Kier alpha value is -3.49. The summed E-state index contributed by atoms with van der Waals surface area (Å²) in [5.41, 5.74) is 2.03. The highest BCUT2D eigenvalue weighted by Crippen LogP contribution is 2.34. The van der Waals surface area contributed by atoms with Gasteiger partial charge in [-0.15, -0.1) is 10.2 Å². The Balaban J connectivity index is 1.71. The molecule has 0 saturated carbocycles. The van der Waals surface area contributed by atoms with Crippen molar-refractivity contribution < 1.29 is 19.0 Å². The number of rotatable bonds is 9. The van der Waals surface area contributed by atoms with E-state index in [0.29, 0.717) is 38.8 Å². The van der Waals surface area contributed by atoms with Gasteiger partial charge in [-0.2, -0.15) is 0 Å². The lowest BCUT2D eigenvalue weighted by atomic mass is 10.1. The number of carbonyl (C=O) groups excluding carboxylic acids is 1. The number of ketones is 1. The molecule has 0 unspecified atom stereocenters. The summed E-state index contributed by atoms with van der Waals surface area (Å²) in [5.74, 6) is 2.33. The van der Waals surface area contributed by atoms with Gasteiger partial charge in [0.05, 0.1) is 38.2 Å². The van der Waals surface area contributed by atoms with E-state index in [1.807, 2.05) is 41.0 Å². The van der Waals surface area contributed by atoms with Crippen molar-refractivity contribution in [1.82, 2.24) is 14.8 Å². The molecule has 0 fully saturated rings. The standard InChI is InChI=1S/C25H22ClN3O4S/c1-31-18-12-13-23(33-3)20(14-18)21(30)15-34-25-28-27-24(19-6-4-5-7-22(19)32-2)29(25)17-10-8-16(26)9-11-17/h4-14H,15H2,1-3H3. The maximum Gasteiger partial charge on any atom is 0.196 e. The van der Waals surface area contributed by atoms with Gasteiger partial charge in [0.1, 0.15) is 17.2 Å². The van der Waals surface area contributed by atoms with Crippen LogP contribution >= 0.6 is 23.4 Å². The molecular weight excluding hydrogens is 474 g/mol. The van der Waals surface area contributed by atoms with E-state index >= 15 is 0 Å². The van der Waals surface area contributed by atoms with E-state index in [-0.39, 0.29) is 11.5 Å². The lowest BCUT2D eigenvalue weighted by Crippen LogP contribution is -2.07. The topological polar surface area (TPSA) is 75.5 Å². The lowest BCUT2D eigenvalue weighted by molar-refractivity contribution is 0.101. The predicted molar refractivity (Wildman–Crippen MR) is 133 cm³/mol. The molecule has 3 aromatic carbocycles. The zero-order chi connectivity index (χ0) is 24.1. The molecule has 7 nitrogen and oxygen atoms in total. The first-order chi connectivity index (χ1) is 16.5. The zero-order valence-electron chi connectivity index (χ0n) is 18.8. The van der Waals surface area contributed by atoms with Gasteiger partial charge in [0.15, 0.2) is 16.8 Å². The zero-order valence-corrected chi connectivity index (χ0v) is 20.4. The summed E-state index contributed by atoms with van der Waals surface area (Å²) in [5, 5.41) is 9.99. The molecule has 0 N–H and O–H groups in total. The van der Waals surface area contributed by atoms with Gasteiger partial charge in [-0.1, -0.05) is 35.5 Å². The van der Waals surface area contributed by atoms with Crippen LogP contribution in [0.4, 0.5) is 0 Å². The number of thioether (sulfide) groups is 1. The van der Waals surface area contributed by atoms with Crippen molar-refractivity contribution >= 4 is 29.1 Å². The van der Waals surface area contributed by atoms with Crippen molar-refractivity contribution in [3.8, 4) is 34.3 Å². The number of Topliss-reactive ketones (excluding diaryl/α,β-unsaturated/α-hetero) is 1. The normalized spacial score (nSPS) is 10.7. The third kappa shape index (κ3) is 4.88. The smallest absolute Gasteiger partial charge is 0.196 e. The maximum atomic E-state index is 13.1. The SMILES string of the molecule is COc1ccc(OC)c(C(=O)CSc2nnc(-c3ccccc3OC)n2-c2ccc(Cl)cc2)c1. The van der Waals surface area contributed by atoms with Crippen molar-refractivity contribution in [3.05, 3.63) is 77.3 Å². The van der Waals surface area contributed by atoms with Crippen LogP contribution in [0.15, 0.2) is 71.9 Å². The van der Waals surface area contributed by atoms with E-state index in [9.17, 15) is 4.79 Å².